The Morgan fingerprint density at radius 2 is 2.00 bits per heavy atom. The predicted octanol–water partition coefficient (Wildman–Crippen LogP) is 2.97. The van der Waals surface area contributed by atoms with Crippen LogP contribution in [0.25, 0.3) is 6.08 Å². The minimum absolute atomic E-state index is 0.0312. The van der Waals surface area contributed by atoms with Gasteiger partial charge in [-0.3, -0.25) is 10.1 Å². The molecule has 0 heterocycles. The highest BCUT2D eigenvalue weighted by Gasteiger charge is 2.03. The molecule has 0 atom stereocenters. The van der Waals surface area contributed by atoms with Gasteiger partial charge in [0.25, 0.3) is 0 Å². The molecule has 3 nitrogen and oxygen atoms in total. The molecule has 0 unspecified atom stereocenters. The lowest BCUT2D eigenvalue weighted by molar-refractivity contribution is -0.407. The first-order valence-electron chi connectivity index (χ1n) is 3.68. The Morgan fingerprint density at radius 1 is 1.46 bits per heavy atom. The van der Waals surface area contributed by atoms with Gasteiger partial charge in [0, 0.05) is 22.0 Å². The summed E-state index contributed by atoms with van der Waals surface area (Å²) < 4.78 is -0.0312. The molecule has 0 saturated heterocycles. The number of rotatable bonds is 2. The van der Waals surface area contributed by atoms with Crippen molar-refractivity contribution in [2.75, 3.05) is 0 Å². The van der Waals surface area contributed by atoms with Crippen molar-refractivity contribution in [1.29, 1.82) is 0 Å². The smallest absolute Gasteiger partial charge is 0.258 e. The maximum Gasteiger partial charge on any atom is 0.311 e. The quantitative estimate of drug-likeness (QED) is 0.454. The van der Waals surface area contributed by atoms with E-state index in [0.717, 1.165) is 11.1 Å². The molecule has 1 rings (SSSR count). The molecule has 1 aromatic carbocycles. The third kappa shape index (κ3) is 2.99. The second-order valence-electron chi connectivity index (χ2n) is 2.63. The lowest BCUT2D eigenvalue weighted by Gasteiger charge is -1.93. The molecule has 68 valence electrons. The average molecular weight is 242 g/mol. The molecule has 1 aromatic rings. The van der Waals surface area contributed by atoms with Gasteiger partial charge in [0.15, 0.2) is 0 Å². The minimum atomic E-state index is -0.472. The van der Waals surface area contributed by atoms with Gasteiger partial charge in [0.2, 0.25) is 0 Å². The second-order valence-corrected chi connectivity index (χ2v) is 3.45. The van der Waals surface area contributed by atoms with Crippen molar-refractivity contribution < 1.29 is 4.92 Å². The molecule has 0 bridgehead atoms. The van der Waals surface area contributed by atoms with Gasteiger partial charge < -0.3 is 0 Å². The third-order valence-electron chi connectivity index (χ3n) is 1.54. The summed E-state index contributed by atoms with van der Waals surface area (Å²) in [5, 5.41) is 10.3. The second kappa shape index (κ2) is 4.18. The van der Waals surface area contributed by atoms with Crippen LogP contribution in [0.3, 0.4) is 0 Å². The van der Waals surface area contributed by atoms with Crippen molar-refractivity contribution in [3.05, 3.63) is 50.1 Å². The van der Waals surface area contributed by atoms with Crippen molar-refractivity contribution in [2.24, 2.45) is 0 Å². The molecule has 0 aromatic heterocycles. The molecule has 0 N–H and O–H groups in total. The molecule has 4 heteroatoms. The van der Waals surface area contributed by atoms with Crippen molar-refractivity contribution in [1.82, 2.24) is 0 Å². The van der Waals surface area contributed by atoms with Crippen LogP contribution < -0.4 is 0 Å². The zero-order chi connectivity index (χ0) is 9.84. The van der Waals surface area contributed by atoms with E-state index in [2.05, 4.69) is 15.9 Å². The van der Waals surface area contributed by atoms with E-state index < -0.39 is 4.92 Å². The summed E-state index contributed by atoms with van der Waals surface area (Å²) >= 11 is 2.86. The molecule has 13 heavy (non-hydrogen) atoms. The van der Waals surface area contributed by atoms with E-state index >= 15 is 0 Å². The van der Waals surface area contributed by atoms with Gasteiger partial charge in [0.05, 0.1) is 4.92 Å². The molecule has 0 saturated carbocycles. The highest BCUT2D eigenvalue weighted by Crippen LogP contribution is 2.12. The zero-order valence-corrected chi connectivity index (χ0v) is 8.61. The first kappa shape index (κ1) is 9.92. The van der Waals surface area contributed by atoms with Crippen LogP contribution in [-0.4, -0.2) is 4.92 Å². The first-order valence-corrected chi connectivity index (χ1v) is 4.47. The van der Waals surface area contributed by atoms with Crippen LogP contribution in [-0.2, 0) is 0 Å². The van der Waals surface area contributed by atoms with Crippen LogP contribution in [0.5, 0.6) is 0 Å². The van der Waals surface area contributed by atoms with Crippen LogP contribution in [0.4, 0.5) is 0 Å². The highest BCUT2D eigenvalue weighted by molar-refractivity contribution is 9.11. The van der Waals surface area contributed by atoms with Crippen molar-refractivity contribution in [2.45, 2.75) is 6.92 Å². The number of aryl methyl sites for hydroxylation is 1. The van der Waals surface area contributed by atoms with Crippen molar-refractivity contribution >= 4 is 22.0 Å². The van der Waals surface area contributed by atoms with E-state index in [0.29, 0.717) is 0 Å². The number of nitro groups is 1. The molecule has 0 aliphatic rings. The van der Waals surface area contributed by atoms with Gasteiger partial charge in [-0.05, 0) is 12.5 Å². The average Bonchev–Trinajstić information content (AvgIpc) is 2.08. The van der Waals surface area contributed by atoms with E-state index in [1.165, 1.54) is 6.08 Å². The Hall–Kier alpha value is -1.16. The van der Waals surface area contributed by atoms with Crippen LogP contribution in [0.1, 0.15) is 11.1 Å². The van der Waals surface area contributed by atoms with Crippen molar-refractivity contribution in [3.63, 3.8) is 0 Å². The van der Waals surface area contributed by atoms with E-state index in [4.69, 9.17) is 0 Å². The van der Waals surface area contributed by atoms with Gasteiger partial charge in [-0.1, -0.05) is 29.8 Å². The van der Waals surface area contributed by atoms with E-state index in [1.54, 1.807) is 0 Å². The molecule has 0 aliphatic heterocycles. The Balaban J connectivity index is 2.92. The number of hydrogen-bond acceptors (Lipinski definition) is 2. The first-order chi connectivity index (χ1) is 6.09. The fraction of sp³-hybridized carbons (Fsp3) is 0.111. The summed E-state index contributed by atoms with van der Waals surface area (Å²) in [6.45, 7) is 1.97. The molecule has 0 amide bonds. The Morgan fingerprint density at radius 3 is 2.46 bits per heavy atom. The maximum atomic E-state index is 10.3. The lowest BCUT2D eigenvalue weighted by atomic mass is 10.1. The van der Waals surface area contributed by atoms with E-state index in [1.807, 2.05) is 31.2 Å². The van der Waals surface area contributed by atoms with Gasteiger partial charge >= 0.3 is 4.61 Å². The number of hydrogen-bond donors (Lipinski definition) is 0. The largest absolute Gasteiger partial charge is 0.311 e. The fourth-order valence-corrected chi connectivity index (χ4v) is 1.12. The normalized spacial score (nSPS) is 11.4. The molecule has 0 radical (unpaired) electrons. The minimum Gasteiger partial charge on any atom is -0.258 e. The Kier molecular flexibility index (Phi) is 3.19. The fourth-order valence-electron chi connectivity index (χ4n) is 0.853. The van der Waals surface area contributed by atoms with Crippen LogP contribution >= 0.6 is 15.9 Å². The van der Waals surface area contributed by atoms with E-state index in [-0.39, 0.29) is 4.61 Å². The summed E-state index contributed by atoms with van der Waals surface area (Å²) in [7, 11) is 0. The van der Waals surface area contributed by atoms with Gasteiger partial charge in [0.1, 0.15) is 0 Å². The lowest BCUT2D eigenvalue weighted by Crippen LogP contribution is -1.89. The summed E-state index contributed by atoms with van der Waals surface area (Å²) in [6, 6.07) is 7.48. The molecular weight excluding hydrogens is 234 g/mol. The van der Waals surface area contributed by atoms with Gasteiger partial charge in [-0.15, -0.1) is 0 Å². The Labute approximate surface area is 84.4 Å². The maximum absolute atomic E-state index is 10.3. The highest BCUT2D eigenvalue weighted by atomic mass is 79.9. The zero-order valence-electron chi connectivity index (χ0n) is 7.03. The summed E-state index contributed by atoms with van der Waals surface area (Å²) in [5.74, 6) is 0. The molecule has 0 aliphatic carbocycles. The molecular formula is C9H8BrNO2. The number of halogens is 1. The number of nitrogens with zero attached hydrogens (tertiary/aromatic N) is 1. The number of benzene rings is 1. The summed E-state index contributed by atoms with van der Waals surface area (Å²) in [4.78, 5) is 9.79. The van der Waals surface area contributed by atoms with Crippen LogP contribution in [0, 0.1) is 17.0 Å². The summed E-state index contributed by atoms with van der Waals surface area (Å²) in [5.41, 5.74) is 1.95. The van der Waals surface area contributed by atoms with Gasteiger partial charge in [-0.2, -0.15) is 0 Å². The van der Waals surface area contributed by atoms with Crippen LogP contribution in [0.2, 0.25) is 0 Å². The standard InChI is InChI=1S/C9H8BrNO2/c1-7-2-4-8(5-3-7)6-9(10)11(12)13/h2-6H,1H3/b9-6+. The third-order valence-corrected chi connectivity index (χ3v) is 2.06. The molecule has 0 fully saturated rings. The van der Waals surface area contributed by atoms with Crippen molar-refractivity contribution in [3.8, 4) is 0 Å². The summed E-state index contributed by atoms with van der Waals surface area (Å²) in [6.07, 6.45) is 1.47. The van der Waals surface area contributed by atoms with Gasteiger partial charge in [-0.25, -0.2) is 0 Å². The topological polar surface area (TPSA) is 43.1 Å². The Bertz CT molecular complexity index is 343. The SMILES string of the molecule is Cc1ccc(/C=C(\Br)[N+](=O)[O-])cc1. The van der Waals surface area contributed by atoms with E-state index in [9.17, 15) is 10.1 Å². The monoisotopic (exact) mass is 241 g/mol. The molecule has 0 spiro atoms. The predicted molar refractivity (Wildman–Crippen MR) is 55.1 cm³/mol. The van der Waals surface area contributed by atoms with Crippen LogP contribution in [0.15, 0.2) is 28.9 Å².